The van der Waals surface area contributed by atoms with E-state index in [-0.39, 0.29) is 17.0 Å². The number of aryl methyl sites for hydroxylation is 1. The maximum Gasteiger partial charge on any atom is 0.222 e. The standard InChI is InChI=1S/C29H42N4O5Si/c1-19(38-39(8,9)28(3,4)5)17-37-21-12-24(32-26(13-21)29(35-7)10-11-36-18-29)23-16-33(6)25-15-30-27(14-22(23)25)31-20(2)34/h12-16,19H,10-11,17-18H2,1-9H3,(H,30,31,34). The lowest BCUT2D eigenvalue weighted by molar-refractivity contribution is -0.114. The van der Waals surface area contributed by atoms with E-state index in [0.29, 0.717) is 37.8 Å². The number of hydrogen-bond donors (Lipinski definition) is 1. The molecule has 10 heteroatoms. The van der Waals surface area contributed by atoms with Gasteiger partial charge in [0.05, 0.1) is 35.8 Å². The molecule has 1 amide bonds. The summed E-state index contributed by atoms with van der Waals surface area (Å²) in [5.41, 5.74) is 2.69. The van der Waals surface area contributed by atoms with E-state index in [2.05, 4.69) is 51.1 Å². The van der Waals surface area contributed by atoms with Crippen LogP contribution in [-0.4, -0.2) is 61.8 Å². The molecule has 0 aromatic carbocycles. The first-order valence-electron chi connectivity index (χ1n) is 13.4. The first kappa shape index (κ1) is 29.2. The quantitative estimate of drug-likeness (QED) is 0.342. The zero-order valence-electron chi connectivity index (χ0n) is 24.7. The van der Waals surface area contributed by atoms with Crippen LogP contribution < -0.4 is 10.1 Å². The first-order valence-corrected chi connectivity index (χ1v) is 16.3. The summed E-state index contributed by atoms with van der Waals surface area (Å²) >= 11 is 0. The van der Waals surface area contributed by atoms with E-state index < -0.39 is 13.9 Å². The van der Waals surface area contributed by atoms with Gasteiger partial charge >= 0.3 is 0 Å². The second-order valence-electron chi connectivity index (χ2n) is 12.0. The number of amides is 1. The third kappa shape index (κ3) is 6.19. The Bertz CT molecular complexity index is 1340. The van der Waals surface area contributed by atoms with Crippen LogP contribution in [0.2, 0.25) is 18.1 Å². The lowest BCUT2D eigenvalue weighted by Gasteiger charge is -2.38. The molecular weight excluding hydrogens is 512 g/mol. The molecule has 4 heterocycles. The molecule has 39 heavy (non-hydrogen) atoms. The van der Waals surface area contributed by atoms with Crippen molar-refractivity contribution >= 4 is 30.9 Å². The molecule has 0 saturated carbocycles. The van der Waals surface area contributed by atoms with Crippen LogP contribution in [0.4, 0.5) is 5.82 Å². The van der Waals surface area contributed by atoms with E-state index in [1.165, 1.54) is 6.92 Å². The van der Waals surface area contributed by atoms with Crippen LogP contribution in [0.3, 0.4) is 0 Å². The topological polar surface area (TPSA) is 96.7 Å². The van der Waals surface area contributed by atoms with Crippen LogP contribution in [0.5, 0.6) is 5.75 Å². The summed E-state index contributed by atoms with van der Waals surface area (Å²) in [5.74, 6) is 1.01. The van der Waals surface area contributed by atoms with Crippen LogP contribution in [0.15, 0.2) is 30.6 Å². The third-order valence-electron chi connectivity index (χ3n) is 7.88. The van der Waals surface area contributed by atoms with E-state index in [9.17, 15) is 4.79 Å². The largest absolute Gasteiger partial charge is 0.491 e. The molecule has 0 bridgehead atoms. The summed E-state index contributed by atoms with van der Waals surface area (Å²) in [6.45, 7) is 16.2. The number of fused-ring (bicyclic) bond motifs is 1. The molecule has 0 spiro atoms. The molecule has 1 aliphatic rings. The van der Waals surface area contributed by atoms with Gasteiger partial charge in [0.1, 0.15) is 23.8 Å². The SMILES string of the molecule is COC1(c2cc(OCC(C)O[Si](C)(C)C(C)(C)C)cc(-c3cn(C)c4cnc(NC(C)=O)cc34)n2)CCOC1. The maximum absolute atomic E-state index is 11.7. The number of rotatable bonds is 9. The average molecular weight is 555 g/mol. The molecule has 3 aromatic rings. The molecule has 2 unspecified atom stereocenters. The molecule has 2 atom stereocenters. The number of hydrogen-bond acceptors (Lipinski definition) is 7. The highest BCUT2D eigenvalue weighted by Crippen LogP contribution is 2.39. The predicted octanol–water partition coefficient (Wildman–Crippen LogP) is 5.64. The third-order valence-corrected chi connectivity index (χ3v) is 12.5. The highest BCUT2D eigenvalue weighted by atomic mass is 28.4. The summed E-state index contributed by atoms with van der Waals surface area (Å²) in [7, 11) is 1.73. The van der Waals surface area contributed by atoms with Crippen LogP contribution >= 0.6 is 0 Å². The number of nitrogens with zero attached hydrogens (tertiary/aromatic N) is 3. The van der Waals surface area contributed by atoms with Gasteiger partial charge in [-0.15, -0.1) is 0 Å². The van der Waals surface area contributed by atoms with Crippen molar-refractivity contribution in [2.24, 2.45) is 7.05 Å². The summed E-state index contributed by atoms with van der Waals surface area (Å²) in [4.78, 5) is 21.1. The number of carbonyl (C=O) groups is 1. The Labute approximate surface area is 232 Å². The Kier molecular flexibility index (Phi) is 8.23. The van der Waals surface area contributed by atoms with Gasteiger partial charge in [0.2, 0.25) is 5.91 Å². The Balaban J connectivity index is 1.73. The van der Waals surface area contributed by atoms with Crippen molar-refractivity contribution in [3.63, 3.8) is 0 Å². The molecule has 0 radical (unpaired) electrons. The number of anilines is 1. The highest BCUT2D eigenvalue weighted by Gasteiger charge is 2.40. The highest BCUT2D eigenvalue weighted by molar-refractivity contribution is 6.74. The molecule has 212 valence electrons. The van der Waals surface area contributed by atoms with Gasteiger partial charge in [-0.1, -0.05) is 20.8 Å². The van der Waals surface area contributed by atoms with Gasteiger partial charge in [-0.05, 0) is 31.1 Å². The first-order chi connectivity index (χ1) is 18.2. The number of nitrogens with one attached hydrogen (secondary N) is 1. The number of methoxy groups -OCH3 is 1. The Morgan fingerprint density at radius 1 is 1.28 bits per heavy atom. The number of carbonyl (C=O) groups excluding carboxylic acids is 1. The summed E-state index contributed by atoms with van der Waals surface area (Å²) in [6.07, 6.45) is 4.41. The van der Waals surface area contributed by atoms with Gasteiger partial charge in [-0.25, -0.2) is 9.97 Å². The second-order valence-corrected chi connectivity index (χ2v) is 16.8. The van der Waals surface area contributed by atoms with E-state index >= 15 is 0 Å². The average Bonchev–Trinajstić information content (AvgIpc) is 3.47. The van der Waals surface area contributed by atoms with Gasteiger partial charge in [0.25, 0.3) is 0 Å². The van der Waals surface area contributed by atoms with Crippen molar-refractivity contribution in [3.05, 3.63) is 36.3 Å². The van der Waals surface area contributed by atoms with Gasteiger partial charge in [-0.2, -0.15) is 0 Å². The Hall–Kier alpha value is -2.79. The van der Waals surface area contributed by atoms with Crippen LogP contribution in [0.1, 0.15) is 46.7 Å². The fourth-order valence-electron chi connectivity index (χ4n) is 4.63. The molecule has 9 nitrogen and oxygen atoms in total. The normalized spacial score (nSPS) is 18.9. The number of aromatic nitrogens is 3. The number of pyridine rings is 2. The monoisotopic (exact) mass is 554 g/mol. The van der Waals surface area contributed by atoms with E-state index in [1.54, 1.807) is 13.3 Å². The predicted molar refractivity (Wildman–Crippen MR) is 156 cm³/mol. The molecule has 0 aliphatic carbocycles. The van der Waals surface area contributed by atoms with Crippen LogP contribution in [0.25, 0.3) is 22.2 Å². The summed E-state index contributed by atoms with van der Waals surface area (Å²) in [5, 5.41) is 3.82. The smallest absolute Gasteiger partial charge is 0.222 e. The maximum atomic E-state index is 11.7. The van der Waals surface area contributed by atoms with E-state index in [0.717, 1.165) is 27.9 Å². The minimum absolute atomic E-state index is 0.0685. The zero-order chi connectivity index (χ0) is 28.6. The molecule has 1 aliphatic heterocycles. The molecular formula is C29H42N4O5Si. The van der Waals surface area contributed by atoms with E-state index in [4.69, 9.17) is 23.6 Å². The lowest BCUT2D eigenvalue weighted by atomic mass is 9.96. The van der Waals surface area contributed by atoms with Crippen molar-refractivity contribution in [2.45, 2.75) is 70.9 Å². The Morgan fingerprint density at radius 3 is 2.64 bits per heavy atom. The van der Waals surface area contributed by atoms with Crippen molar-refractivity contribution in [2.75, 3.05) is 32.2 Å². The van der Waals surface area contributed by atoms with Gasteiger partial charge in [0, 0.05) is 63.4 Å². The number of ether oxygens (including phenoxy) is 3. The second kappa shape index (κ2) is 11.0. The van der Waals surface area contributed by atoms with Crippen molar-refractivity contribution in [3.8, 4) is 17.0 Å². The van der Waals surface area contributed by atoms with Crippen LogP contribution in [0, 0.1) is 0 Å². The summed E-state index contributed by atoms with van der Waals surface area (Å²) < 4.78 is 26.6. The molecule has 4 rings (SSSR count). The molecule has 1 saturated heterocycles. The van der Waals surface area contributed by atoms with Crippen molar-refractivity contribution in [1.29, 1.82) is 0 Å². The van der Waals surface area contributed by atoms with Crippen molar-refractivity contribution in [1.82, 2.24) is 14.5 Å². The molecule has 1 fully saturated rings. The van der Waals surface area contributed by atoms with Gasteiger partial charge in [-0.3, -0.25) is 4.79 Å². The Morgan fingerprint density at radius 2 is 2.03 bits per heavy atom. The van der Waals surface area contributed by atoms with Crippen LogP contribution in [-0.2, 0) is 31.3 Å². The minimum Gasteiger partial charge on any atom is -0.491 e. The fourth-order valence-corrected chi connectivity index (χ4v) is 6.06. The zero-order valence-corrected chi connectivity index (χ0v) is 25.7. The minimum atomic E-state index is -1.93. The van der Waals surface area contributed by atoms with Crippen molar-refractivity contribution < 1.29 is 23.4 Å². The van der Waals surface area contributed by atoms with Gasteiger partial charge < -0.3 is 28.5 Å². The van der Waals surface area contributed by atoms with Gasteiger partial charge in [0.15, 0.2) is 8.32 Å². The molecule has 3 aromatic heterocycles. The molecule has 1 N–H and O–H groups in total. The van der Waals surface area contributed by atoms with E-state index in [1.807, 2.05) is 36.0 Å². The lowest BCUT2D eigenvalue weighted by Crippen LogP contribution is -2.44. The fraction of sp³-hybridized carbons (Fsp3) is 0.552. The summed E-state index contributed by atoms with van der Waals surface area (Å²) in [6, 6.07) is 5.78.